The number of H-pyrrole nitrogens is 1. The molecule has 0 fully saturated rings. The van der Waals surface area contributed by atoms with Crippen LogP contribution in [0.15, 0.2) is 40.8 Å². The quantitative estimate of drug-likeness (QED) is 0.483. The summed E-state index contributed by atoms with van der Waals surface area (Å²) >= 11 is 0. The monoisotopic (exact) mass is 443 g/mol. The van der Waals surface area contributed by atoms with Crippen LogP contribution in [-0.2, 0) is 4.79 Å². The van der Waals surface area contributed by atoms with Gasteiger partial charge in [-0.1, -0.05) is 5.10 Å². The van der Waals surface area contributed by atoms with Gasteiger partial charge in [-0.3, -0.25) is 4.79 Å². The lowest BCUT2D eigenvalue weighted by atomic mass is 10.0. The predicted molar refractivity (Wildman–Crippen MR) is 113 cm³/mol. The number of amides is 1. The molecule has 7 nitrogen and oxygen atoms in total. The number of nitrogens with one attached hydrogen (secondary N) is 1. The van der Waals surface area contributed by atoms with Crippen LogP contribution in [0.2, 0.25) is 0 Å². The molecule has 4 rings (SSSR count). The van der Waals surface area contributed by atoms with E-state index >= 15 is 0 Å². The zero-order valence-corrected chi connectivity index (χ0v) is 17.6. The summed E-state index contributed by atoms with van der Waals surface area (Å²) in [7, 11) is 5.02. The Balaban J connectivity index is 1.78. The molecule has 0 saturated carbocycles. The van der Waals surface area contributed by atoms with E-state index in [1.165, 1.54) is 35.2 Å². The topological polar surface area (TPSA) is 78.3 Å². The van der Waals surface area contributed by atoms with Crippen LogP contribution in [0.5, 0.6) is 0 Å². The van der Waals surface area contributed by atoms with Crippen LogP contribution < -0.4 is 4.90 Å². The van der Waals surface area contributed by atoms with Crippen molar-refractivity contribution in [1.29, 1.82) is 0 Å². The Bertz CT molecular complexity index is 1280. The third kappa shape index (κ3) is 4.03. The summed E-state index contributed by atoms with van der Waals surface area (Å²) in [6, 6.07) is 7.62. The van der Waals surface area contributed by atoms with E-state index in [2.05, 4.69) is 15.2 Å². The highest BCUT2D eigenvalue weighted by Gasteiger charge is 2.24. The smallest absolute Gasteiger partial charge is 0.318 e. The Morgan fingerprint density at radius 3 is 2.44 bits per heavy atom. The van der Waals surface area contributed by atoms with Gasteiger partial charge in [0.1, 0.15) is 17.5 Å². The van der Waals surface area contributed by atoms with Crippen LogP contribution in [0.3, 0.4) is 0 Å². The van der Waals surface area contributed by atoms with E-state index in [9.17, 15) is 18.0 Å². The van der Waals surface area contributed by atoms with Gasteiger partial charge in [0.05, 0.1) is 16.8 Å². The molecule has 0 saturated heterocycles. The molecule has 2 aromatic carbocycles. The fourth-order valence-corrected chi connectivity index (χ4v) is 3.33. The molecule has 0 aliphatic heterocycles. The molecule has 166 valence electrons. The number of fused-ring (bicyclic) bond motifs is 1. The Kier molecular flexibility index (Phi) is 5.60. The third-order valence-corrected chi connectivity index (χ3v) is 5.07. The van der Waals surface area contributed by atoms with Crippen molar-refractivity contribution in [2.24, 2.45) is 0 Å². The minimum absolute atomic E-state index is 0.0290. The largest absolute Gasteiger partial charge is 0.403 e. The fraction of sp³-hybridized carbons (Fsp3) is 0.227. The van der Waals surface area contributed by atoms with Gasteiger partial charge < -0.3 is 19.2 Å². The first-order valence-electron chi connectivity index (χ1n) is 9.76. The number of carbonyl (C=O) groups excluding carboxylic acids is 1. The van der Waals surface area contributed by atoms with Gasteiger partial charge in [-0.2, -0.15) is 0 Å². The van der Waals surface area contributed by atoms with Crippen molar-refractivity contribution in [3.8, 4) is 22.7 Å². The van der Waals surface area contributed by atoms with Crippen molar-refractivity contribution in [1.82, 2.24) is 20.1 Å². The summed E-state index contributed by atoms with van der Waals surface area (Å²) in [5, 5.41) is 8.29. The van der Waals surface area contributed by atoms with Crippen LogP contribution >= 0.6 is 0 Å². The summed E-state index contributed by atoms with van der Waals surface area (Å²) in [4.78, 5) is 17.9. The molecule has 1 amide bonds. The second kappa shape index (κ2) is 8.37. The van der Waals surface area contributed by atoms with E-state index in [1.54, 1.807) is 26.0 Å². The number of nitrogens with zero attached hydrogens (tertiary/aromatic N) is 4. The number of hydrogen-bond acceptors (Lipinski definition) is 5. The van der Waals surface area contributed by atoms with Gasteiger partial charge in [0.2, 0.25) is 5.91 Å². The van der Waals surface area contributed by atoms with Gasteiger partial charge in [-0.15, -0.1) is 5.10 Å². The average Bonchev–Trinajstić information content (AvgIpc) is 3.37. The maximum absolute atomic E-state index is 14.5. The fourth-order valence-electron chi connectivity index (χ4n) is 3.33. The van der Waals surface area contributed by atoms with Gasteiger partial charge in [-0.05, 0) is 35.9 Å². The maximum atomic E-state index is 14.5. The van der Waals surface area contributed by atoms with E-state index in [0.717, 1.165) is 6.07 Å². The van der Waals surface area contributed by atoms with E-state index < -0.39 is 17.5 Å². The van der Waals surface area contributed by atoms with Crippen LogP contribution in [0.25, 0.3) is 33.6 Å². The van der Waals surface area contributed by atoms with Crippen molar-refractivity contribution >= 4 is 22.8 Å². The lowest BCUT2D eigenvalue weighted by Gasteiger charge is -2.15. The molecule has 0 aliphatic carbocycles. The first kappa shape index (κ1) is 21.4. The lowest BCUT2D eigenvalue weighted by Crippen LogP contribution is -2.28. The molecular weight excluding hydrogens is 423 g/mol. The van der Waals surface area contributed by atoms with Gasteiger partial charge in [0, 0.05) is 45.6 Å². The molecule has 0 atom stereocenters. The number of aromatic nitrogens is 3. The van der Waals surface area contributed by atoms with Crippen molar-refractivity contribution in [3.63, 3.8) is 0 Å². The molecule has 32 heavy (non-hydrogen) atoms. The minimum Gasteiger partial charge on any atom is -0.403 e. The molecule has 0 spiro atoms. The maximum Gasteiger partial charge on any atom is 0.318 e. The Labute approximate surface area is 181 Å². The van der Waals surface area contributed by atoms with E-state index in [4.69, 9.17) is 4.42 Å². The van der Waals surface area contributed by atoms with E-state index in [0.29, 0.717) is 23.4 Å². The molecular formula is C22H20F3N5O2. The molecule has 4 aromatic rings. The number of halogens is 3. The van der Waals surface area contributed by atoms with Crippen molar-refractivity contribution in [3.05, 3.63) is 53.8 Å². The number of rotatable bonds is 6. The van der Waals surface area contributed by atoms with Crippen LogP contribution in [0, 0.1) is 17.5 Å². The standard InChI is InChI=1S/C22H20F3N5O2/c1-29(2)17(31)8-9-30(3)22-28-27-21(32-22)18-15-10-14(24)11-16(25)20(15)26-19(18)12-4-6-13(23)7-5-12/h4-7,10-11,26H,8-9H2,1-3H3. The summed E-state index contributed by atoms with van der Waals surface area (Å²) in [5.74, 6) is -2.01. The molecule has 1 N–H and O–H groups in total. The van der Waals surface area contributed by atoms with Crippen molar-refractivity contribution in [2.75, 3.05) is 32.6 Å². The Morgan fingerprint density at radius 1 is 1.03 bits per heavy atom. The average molecular weight is 443 g/mol. The Hall–Kier alpha value is -3.82. The first-order chi connectivity index (χ1) is 15.2. The van der Waals surface area contributed by atoms with Crippen molar-refractivity contribution < 1.29 is 22.4 Å². The Morgan fingerprint density at radius 2 is 1.75 bits per heavy atom. The lowest BCUT2D eigenvalue weighted by molar-refractivity contribution is -0.128. The van der Waals surface area contributed by atoms with E-state index in [-0.39, 0.29) is 35.1 Å². The van der Waals surface area contributed by atoms with E-state index in [1.807, 2.05) is 0 Å². The zero-order valence-electron chi connectivity index (χ0n) is 17.6. The molecule has 2 aromatic heterocycles. The number of aromatic amines is 1. The SMILES string of the molecule is CN(C)C(=O)CCN(C)c1nnc(-c2c(-c3ccc(F)cc3)[nH]c3c(F)cc(F)cc23)o1. The molecule has 10 heteroatoms. The minimum atomic E-state index is -0.784. The second-order valence-corrected chi connectivity index (χ2v) is 7.54. The number of anilines is 1. The van der Waals surface area contributed by atoms with Crippen LogP contribution in [0.1, 0.15) is 6.42 Å². The summed E-state index contributed by atoms with van der Waals surface area (Å²) in [6.07, 6.45) is 0.242. The van der Waals surface area contributed by atoms with Gasteiger partial charge in [-0.25, -0.2) is 13.2 Å². The molecule has 2 heterocycles. The molecule has 0 unspecified atom stereocenters. The third-order valence-electron chi connectivity index (χ3n) is 5.07. The number of benzene rings is 2. The highest BCUT2D eigenvalue weighted by Crippen LogP contribution is 2.39. The zero-order chi connectivity index (χ0) is 23.0. The number of carbonyl (C=O) groups is 1. The van der Waals surface area contributed by atoms with Gasteiger partial charge in [0.15, 0.2) is 0 Å². The van der Waals surface area contributed by atoms with Gasteiger partial charge >= 0.3 is 6.01 Å². The summed E-state index contributed by atoms with van der Waals surface area (Å²) < 4.78 is 47.7. The van der Waals surface area contributed by atoms with Crippen LogP contribution in [0.4, 0.5) is 19.2 Å². The summed E-state index contributed by atoms with van der Waals surface area (Å²) in [6.45, 7) is 0.334. The normalized spacial score (nSPS) is 11.2. The number of hydrogen-bond donors (Lipinski definition) is 1. The van der Waals surface area contributed by atoms with Gasteiger partial charge in [0.25, 0.3) is 5.89 Å². The predicted octanol–water partition coefficient (Wildman–Crippen LogP) is 4.22. The van der Waals surface area contributed by atoms with Crippen molar-refractivity contribution in [2.45, 2.75) is 6.42 Å². The van der Waals surface area contributed by atoms with Crippen LogP contribution in [-0.4, -0.2) is 53.7 Å². The molecule has 0 radical (unpaired) electrons. The highest BCUT2D eigenvalue weighted by atomic mass is 19.1. The first-order valence-corrected chi connectivity index (χ1v) is 9.76. The second-order valence-electron chi connectivity index (χ2n) is 7.54. The summed E-state index contributed by atoms with van der Waals surface area (Å²) in [5.41, 5.74) is 1.26. The molecule has 0 aliphatic rings. The molecule has 0 bridgehead atoms. The highest BCUT2D eigenvalue weighted by molar-refractivity contribution is 6.02.